The Hall–Kier alpha value is -2.21. The second kappa shape index (κ2) is 4.75. The number of hydrogen-bond donors (Lipinski definition) is 1. The Morgan fingerprint density at radius 3 is 3.00 bits per heavy atom. The van der Waals surface area contributed by atoms with Gasteiger partial charge in [-0.25, -0.2) is 14.5 Å². The maximum Gasteiger partial charge on any atom is 0.339 e. The van der Waals surface area contributed by atoms with Gasteiger partial charge in [-0.05, 0) is 17.7 Å². The third kappa shape index (κ3) is 2.31. The van der Waals surface area contributed by atoms with Crippen LogP contribution in [0.2, 0.25) is 0 Å². The van der Waals surface area contributed by atoms with Crippen molar-refractivity contribution in [2.24, 2.45) is 0 Å². The average Bonchev–Trinajstić information content (AvgIpc) is 2.91. The number of hydrogen-bond acceptors (Lipinski definition) is 5. The molecule has 0 saturated heterocycles. The van der Waals surface area contributed by atoms with Gasteiger partial charge in [0.2, 0.25) is 0 Å². The molecule has 1 aromatic carbocycles. The minimum atomic E-state index is -1.29. The van der Waals surface area contributed by atoms with Crippen molar-refractivity contribution in [2.45, 2.75) is 6.10 Å². The molecule has 17 heavy (non-hydrogen) atoms. The smallest absolute Gasteiger partial charge is 0.339 e. The molecule has 0 aliphatic heterocycles. The molecule has 1 unspecified atom stereocenters. The van der Waals surface area contributed by atoms with Crippen molar-refractivity contribution in [3.8, 4) is 5.69 Å². The van der Waals surface area contributed by atoms with Gasteiger partial charge in [0.1, 0.15) is 12.7 Å². The van der Waals surface area contributed by atoms with Crippen molar-refractivity contribution in [3.05, 3.63) is 42.5 Å². The van der Waals surface area contributed by atoms with E-state index in [2.05, 4.69) is 14.8 Å². The molecule has 88 valence electrons. The summed E-state index contributed by atoms with van der Waals surface area (Å²) >= 11 is 0. The van der Waals surface area contributed by atoms with Gasteiger partial charge in [-0.3, -0.25) is 0 Å². The predicted octanol–water partition coefficient (Wildman–Crippen LogP) is 0.474. The van der Waals surface area contributed by atoms with E-state index in [1.54, 1.807) is 24.3 Å². The summed E-state index contributed by atoms with van der Waals surface area (Å²) in [4.78, 5) is 15.0. The molecule has 0 saturated carbocycles. The third-order valence-corrected chi connectivity index (χ3v) is 2.29. The molecule has 6 nitrogen and oxygen atoms in total. The molecule has 1 N–H and O–H groups in total. The average molecular weight is 233 g/mol. The van der Waals surface area contributed by atoms with Gasteiger partial charge in [0, 0.05) is 0 Å². The fourth-order valence-electron chi connectivity index (χ4n) is 1.43. The normalized spacial score (nSPS) is 12.1. The highest BCUT2D eigenvalue weighted by atomic mass is 16.5. The number of aliphatic hydroxyl groups excluding tert-OH is 1. The standard InChI is InChI=1S/C11H11N3O3/c1-17-11(16)10(15)8-3-2-4-9(5-8)14-7-12-6-13-14/h2-7,10,15H,1H3. The molecular weight excluding hydrogens is 222 g/mol. The van der Waals surface area contributed by atoms with Crippen molar-refractivity contribution in [3.63, 3.8) is 0 Å². The Labute approximate surface area is 97.5 Å². The molecule has 1 heterocycles. The number of ether oxygens (including phenoxy) is 1. The van der Waals surface area contributed by atoms with Crippen LogP contribution < -0.4 is 0 Å². The first-order valence-electron chi connectivity index (χ1n) is 4.93. The van der Waals surface area contributed by atoms with Crippen LogP contribution in [0.4, 0.5) is 0 Å². The molecule has 0 aliphatic carbocycles. The van der Waals surface area contributed by atoms with E-state index >= 15 is 0 Å². The monoisotopic (exact) mass is 233 g/mol. The van der Waals surface area contributed by atoms with E-state index in [-0.39, 0.29) is 0 Å². The zero-order valence-electron chi connectivity index (χ0n) is 9.15. The minimum absolute atomic E-state index is 0.449. The van der Waals surface area contributed by atoms with Crippen LogP contribution >= 0.6 is 0 Å². The minimum Gasteiger partial charge on any atom is -0.467 e. The van der Waals surface area contributed by atoms with Gasteiger partial charge < -0.3 is 9.84 Å². The highest BCUT2D eigenvalue weighted by molar-refractivity contribution is 5.76. The summed E-state index contributed by atoms with van der Waals surface area (Å²) < 4.78 is 6.01. The molecule has 0 aliphatic rings. The summed E-state index contributed by atoms with van der Waals surface area (Å²) in [5.41, 5.74) is 1.16. The van der Waals surface area contributed by atoms with Crippen molar-refractivity contribution < 1.29 is 14.6 Å². The molecule has 0 bridgehead atoms. The molecule has 0 radical (unpaired) electrons. The number of carbonyl (C=O) groups excluding carboxylic acids is 1. The number of methoxy groups -OCH3 is 1. The highest BCUT2D eigenvalue weighted by Gasteiger charge is 2.18. The Morgan fingerprint density at radius 1 is 1.53 bits per heavy atom. The summed E-state index contributed by atoms with van der Waals surface area (Å²) in [6, 6.07) is 6.80. The van der Waals surface area contributed by atoms with E-state index in [0.29, 0.717) is 11.3 Å². The molecule has 0 amide bonds. The number of esters is 1. The number of benzene rings is 1. The fourth-order valence-corrected chi connectivity index (χ4v) is 1.43. The van der Waals surface area contributed by atoms with Gasteiger partial charge in [-0.15, -0.1) is 0 Å². The largest absolute Gasteiger partial charge is 0.467 e. The molecule has 2 rings (SSSR count). The summed E-state index contributed by atoms with van der Waals surface area (Å²) in [7, 11) is 1.23. The summed E-state index contributed by atoms with van der Waals surface area (Å²) in [5.74, 6) is -0.694. The van der Waals surface area contributed by atoms with Gasteiger partial charge in [-0.2, -0.15) is 5.10 Å². The Bertz CT molecular complexity index is 510. The third-order valence-electron chi connectivity index (χ3n) is 2.29. The lowest BCUT2D eigenvalue weighted by Gasteiger charge is -2.09. The van der Waals surface area contributed by atoms with Gasteiger partial charge in [0.25, 0.3) is 0 Å². The van der Waals surface area contributed by atoms with Crippen molar-refractivity contribution in [1.82, 2.24) is 14.8 Å². The number of rotatable bonds is 3. The van der Waals surface area contributed by atoms with E-state index in [1.165, 1.54) is 24.4 Å². The predicted molar refractivity (Wildman–Crippen MR) is 58.3 cm³/mol. The van der Waals surface area contributed by atoms with Gasteiger partial charge in [0.05, 0.1) is 12.8 Å². The zero-order valence-corrected chi connectivity index (χ0v) is 9.15. The SMILES string of the molecule is COC(=O)C(O)c1cccc(-n2cncn2)c1. The van der Waals surface area contributed by atoms with Crippen molar-refractivity contribution in [1.29, 1.82) is 0 Å². The topological polar surface area (TPSA) is 77.2 Å². The van der Waals surface area contributed by atoms with Gasteiger partial charge in [-0.1, -0.05) is 12.1 Å². The Morgan fingerprint density at radius 2 is 2.35 bits per heavy atom. The van der Waals surface area contributed by atoms with E-state index < -0.39 is 12.1 Å². The van der Waals surface area contributed by atoms with Crippen LogP contribution in [0.5, 0.6) is 0 Å². The lowest BCUT2D eigenvalue weighted by atomic mass is 10.1. The molecule has 0 fully saturated rings. The molecule has 1 aromatic heterocycles. The van der Waals surface area contributed by atoms with Crippen LogP contribution in [0, 0.1) is 0 Å². The second-order valence-electron chi connectivity index (χ2n) is 3.36. The number of nitrogens with zero attached hydrogens (tertiary/aromatic N) is 3. The van der Waals surface area contributed by atoms with Crippen LogP contribution in [0.25, 0.3) is 5.69 Å². The van der Waals surface area contributed by atoms with Crippen molar-refractivity contribution >= 4 is 5.97 Å². The number of carbonyl (C=O) groups is 1. The van der Waals surface area contributed by atoms with Crippen LogP contribution in [-0.4, -0.2) is 33.0 Å². The maximum atomic E-state index is 11.2. The Balaban J connectivity index is 2.32. The molecule has 2 aromatic rings. The van der Waals surface area contributed by atoms with E-state index in [9.17, 15) is 9.90 Å². The first kappa shape index (κ1) is 11.3. The van der Waals surface area contributed by atoms with Crippen molar-refractivity contribution in [2.75, 3.05) is 7.11 Å². The van der Waals surface area contributed by atoms with Crippen LogP contribution in [-0.2, 0) is 9.53 Å². The van der Waals surface area contributed by atoms with Gasteiger partial charge in [0.15, 0.2) is 6.10 Å². The summed E-state index contributed by atoms with van der Waals surface area (Å²) in [6.45, 7) is 0. The van der Waals surface area contributed by atoms with E-state index in [1.807, 2.05) is 0 Å². The maximum absolute atomic E-state index is 11.2. The van der Waals surface area contributed by atoms with E-state index in [0.717, 1.165) is 0 Å². The zero-order chi connectivity index (χ0) is 12.3. The van der Waals surface area contributed by atoms with Gasteiger partial charge >= 0.3 is 5.97 Å². The molecule has 0 spiro atoms. The van der Waals surface area contributed by atoms with Crippen LogP contribution in [0.3, 0.4) is 0 Å². The first-order chi connectivity index (χ1) is 8.22. The second-order valence-corrected chi connectivity index (χ2v) is 3.36. The lowest BCUT2D eigenvalue weighted by molar-refractivity contribution is -0.150. The highest BCUT2D eigenvalue weighted by Crippen LogP contribution is 2.17. The van der Waals surface area contributed by atoms with Crippen LogP contribution in [0.1, 0.15) is 11.7 Å². The molecule has 1 atom stereocenters. The summed E-state index contributed by atoms with van der Waals surface area (Å²) in [6.07, 6.45) is 1.65. The Kier molecular flexibility index (Phi) is 3.15. The van der Waals surface area contributed by atoms with E-state index in [4.69, 9.17) is 0 Å². The fraction of sp³-hybridized carbons (Fsp3) is 0.182. The molecular formula is C11H11N3O3. The summed E-state index contributed by atoms with van der Waals surface area (Å²) in [5, 5.41) is 13.7. The quantitative estimate of drug-likeness (QED) is 0.780. The van der Waals surface area contributed by atoms with Crippen LogP contribution in [0.15, 0.2) is 36.9 Å². The lowest BCUT2D eigenvalue weighted by Crippen LogP contribution is -2.13. The molecule has 6 heteroatoms. The number of aliphatic hydroxyl groups is 1. The number of aromatic nitrogens is 3. The first-order valence-corrected chi connectivity index (χ1v) is 4.93.